The van der Waals surface area contributed by atoms with Gasteiger partial charge in [0.15, 0.2) is 0 Å². The smallest absolute Gasteiger partial charge is 0.166 e. The van der Waals surface area contributed by atoms with Crippen LogP contribution >= 0.6 is 11.6 Å². The second kappa shape index (κ2) is 5.12. The average molecular weight is 211 g/mol. The Labute approximate surface area is 80.3 Å². The predicted octanol–water partition coefficient (Wildman–Crippen LogP) is 4.39. The molecule has 1 aromatic rings. The summed E-state index contributed by atoms with van der Waals surface area (Å²) in [6.07, 6.45) is -4.35. The van der Waals surface area contributed by atoms with Crippen molar-refractivity contribution in [1.29, 1.82) is 0 Å². The van der Waals surface area contributed by atoms with Crippen molar-refractivity contribution in [3.63, 3.8) is 0 Å². The number of hydrogen-bond donors (Lipinski definition) is 0. The van der Waals surface area contributed by atoms with E-state index in [2.05, 4.69) is 0 Å². The predicted molar refractivity (Wildman–Crippen MR) is 47.8 cm³/mol. The van der Waals surface area contributed by atoms with E-state index in [-0.39, 0.29) is 5.02 Å². The van der Waals surface area contributed by atoms with E-state index in [1.54, 1.807) is 0 Å². The molecule has 1 aromatic carbocycles. The standard InChI is InChI=1S/C7H4ClF3.C2H6/c8-6-4-2-1-3-5(6)7(9,10)11;1-2/h1-4H;1-2H3. The molecular weight excluding hydrogens is 201 g/mol. The summed E-state index contributed by atoms with van der Waals surface area (Å²) in [5.74, 6) is 0. The zero-order chi connectivity index (χ0) is 10.5. The molecule has 0 fully saturated rings. The summed E-state index contributed by atoms with van der Waals surface area (Å²) in [6.45, 7) is 4.00. The molecule has 0 aromatic heterocycles. The van der Waals surface area contributed by atoms with E-state index < -0.39 is 11.7 Å². The van der Waals surface area contributed by atoms with E-state index in [4.69, 9.17) is 11.6 Å². The van der Waals surface area contributed by atoms with Crippen molar-refractivity contribution in [2.45, 2.75) is 20.0 Å². The summed E-state index contributed by atoms with van der Waals surface area (Å²) < 4.78 is 35.9. The largest absolute Gasteiger partial charge is 0.417 e. The van der Waals surface area contributed by atoms with E-state index in [0.29, 0.717) is 0 Å². The van der Waals surface area contributed by atoms with Crippen molar-refractivity contribution in [3.8, 4) is 0 Å². The molecule has 0 amide bonds. The summed E-state index contributed by atoms with van der Waals surface area (Å²) >= 11 is 5.29. The first-order chi connectivity index (χ1) is 6.02. The third kappa shape index (κ3) is 3.68. The maximum Gasteiger partial charge on any atom is 0.417 e. The molecule has 74 valence electrons. The Bertz CT molecular complexity index is 255. The lowest BCUT2D eigenvalue weighted by molar-refractivity contribution is -0.137. The van der Waals surface area contributed by atoms with Gasteiger partial charge in [0.05, 0.1) is 10.6 Å². The Morgan fingerprint density at radius 2 is 1.54 bits per heavy atom. The quantitative estimate of drug-likeness (QED) is 0.596. The van der Waals surface area contributed by atoms with Gasteiger partial charge in [-0.3, -0.25) is 0 Å². The van der Waals surface area contributed by atoms with Gasteiger partial charge in [-0.25, -0.2) is 0 Å². The highest BCUT2D eigenvalue weighted by Gasteiger charge is 2.32. The van der Waals surface area contributed by atoms with E-state index in [1.807, 2.05) is 13.8 Å². The van der Waals surface area contributed by atoms with Gasteiger partial charge in [0.1, 0.15) is 0 Å². The van der Waals surface area contributed by atoms with E-state index in [1.165, 1.54) is 18.2 Å². The SMILES string of the molecule is CC.FC(F)(F)c1ccccc1Cl. The van der Waals surface area contributed by atoms with Crippen molar-refractivity contribution in [3.05, 3.63) is 34.9 Å². The summed E-state index contributed by atoms with van der Waals surface area (Å²) in [5.41, 5.74) is -0.790. The van der Waals surface area contributed by atoms with Gasteiger partial charge in [0.2, 0.25) is 0 Å². The van der Waals surface area contributed by atoms with Crippen molar-refractivity contribution in [2.24, 2.45) is 0 Å². The highest BCUT2D eigenvalue weighted by molar-refractivity contribution is 6.31. The normalized spacial score (nSPS) is 10.3. The van der Waals surface area contributed by atoms with Crippen LogP contribution in [0.5, 0.6) is 0 Å². The van der Waals surface area contributed by atoms with E-state index in [0.717, 1.165) is 6.07 Å². The van der Waals surface area contributed by atoms with Crippen LogP contribution in [0.15, 0.2) is 24.3 Å². The molecular formula is C9H10ClF3. The molecule has 4 heteroatoms. The number of hydrogen-bond acceptors (Lipinski definition) is 0. The lowest BCUT2D eigenvalue weighted by Crippen LogP contribution is -2.04. The third-order valence-corrected chi connectivity index (χ3v) is 1.51. The molecule has 0 bridgehead atoms. The molecule has 0 spiro atoms. The van der Waals surface area contributed by atoms with Gasteiger partial charge in [0, 0.05) is 0 Å². The molecule has 1 rings (SSSR count). The van der Waals surface area contributed by atoms with Crippen LogP contribution in [-0.4, -0.2) is 0 Å². The van der Waals surface area contributed by atoms with Crippen LogP contribution in [0, 0.1) is 0 Å². The average Bonchev–Trinajstić information content (AvgIpc) is 2.07. The molecule has 0 aliphatic heterocycles. The summed E-state index contributed by atoms with van der Waals surface area (Å²) in [6, 6.07) is 4.92. The van der Waals surface area contributed by atoms with Gasteiger partial charge in [0.25, 0.3) is 0 Å². The van der Waals surface area contributed by atoms with Crippen LogP contribution in [0.2, 0.25) is 5.02 Å². The summed E-state index contributed by atoms with van der Waals surface area (Å²) in [7, 11) is 0. The van der Waals surface area contributed by atoms with Gasteiger partial charge in [-0.05, 0) is 12.1 Å². The summed E-state index contributed by atoms with van der Waals surface area (Å²) in [5, 5.41) is -0.264. The molecule has 13 heavy (non-hydrogen) atoms. The Morgan fingerprint density at radius 3 is 1.85 bits per heavy atom. The first-order valence-corrected chi connectivity index (χ1v) is 4.21. The van der Waals surface area contributed by atoms with Crippen LogP contribution in [0.25, 0.3) is 0 Å². The van der Waals surface area contributed by atoms with Gasteiger partial charge in [-0.15, -0.1) is 0 Å². The number of halogens is 4. The van der Waals surface area contributed by atoms with Crippen LogP contribution in [0.1, 0.15) is 19.4 Å². The fraction of sp³-hybridized carbons (Fsp3) is 0.333. The Kier molecular flexibility index (Phi) is 4.85. The Hall–Kier alpha value is -0.700. The highest BCUT2D eigenvalue weighted by atomic mass is 35.5. The highest BCUT2D eigenvalue weighted by Crippen LogP contribution is 2.33. The van der Waals surface area contributed by atoms with E-state index >= 15 is 0 Å². The zero-order valence-electron chi connectivity index (χ0n) is 7.32. The molecule has 0 unspecified atom stereocenters. The molecule has 0 N–H and O–H groups in total. The third-order valence-electron chi connectivity index (χ3n) is 1.18. The monoisotopic (exact) mass is 210 g/mol. The van der Waals surface area contributed by atoms with Crippen molar-refractivity contribution in [2.75, 3.05) is 0 Å². The van der Waals surface area contributed by atoms with Gasteiger partial charge in [-0.1, -0.05) is 37.6 Å². The van der Waals surface area contributed by atoms with Crippen molar-refractivity contribution in [1.82, 2.24) is 0 Å². The molecule has 0 aliphatic carbocycles. The minimum atomic E-state index is -4.35. The fourth-order valence-corrected chi connectivity index (χ4v) is 0.934. The first-order valence-electron chi connectivity index (χ1n) is 3.83. The van der Waals surface area contributed by atoms with Gasteiger partial charge in [-0.2, -0.15) is 13.2 Å². The van der Waals surface area contributed by atoms with Crippen molar-refractivity contribution < 1.29 is 13.2 Å². The van der Waals surface area contributed by atoms with Gasteiger partial charge < -0.3 is 0 Å². The van der Waals surface area contributed by atoms with Gasteiger partial charge >= 0.3 is 6.18 Å². The molecule has 0 nitrogen and oxygen atoms in total. The molecule has 0 saturated carbocycles. The van der Waals surface area contributed by atoms with Crippen LogP contribution in [0.4, 0.5) is 13.2 Å². The minimum Gasteiger partial charge on any atom is -0.166 e. The summed E-state index contributed by atoms with van der Waals surface area (Å²) in [4.78, 5) is 0. The van der Waals surface area contributed by atoms with Crippen LogP contribution < -0.4 is 0 Å². The number of benzene rings is 1. The number of rotatable bonds is 0. The second-order valence-corrected chi connectivity index (χ2v) is 2.38. The lowest BCUT2D eigenvalue weighted by Gasteiger charge is -2.06. The topological polar surface area (TPSA) is 0 Å². The zero-order valence-corrected chi connectivity index (χ0v) is 8.08. The Balaban J connectivity index is 0.000000671. The van der Waals surface area contributed by atoms with Crippen molar-refractivity contribution >= 4 is 11.6 Å². The first kappa shape index (κ1) is 12.3. The van der Waals surface area contributed by atoms with Crippen LogP contribution in [0.3, 0.4) is 0 Å². The Morgan fingerprint density at radius 1 is 1.08 bits per heavy atom. The van der Waals surface area contributed by atoms with Crippen LogP contribution in [-0.2, 0) is 6.18 Å². The molecule has 0 saturated heterocycles. The lowest BCUT2D eigenvalue weighted by atomic mass is 10.2. The maximum absolute atomic E-state index is 12.0. The molecule has 0 atom stereocenters. The maximum atomic E-state index is 12.0. The molecule has 0 heterocycles. The number of alkyl halides is 3. The fourth-order valence-electron chi connectivity index (χ4n) is 0.691. The molecule has 0 radical (unpaired) electrons. The molecule has 0 aliphatic rings. The second-order valence-electron chi connectivity index (χ2n) is 1.98. The van der Waals surface area contributed by atoms with E-state index in [9.17, 15) is 13.2 Å². The minimum absolute atomic E-state index is 0.264.